The van der Waals surface area contributed by atoms with Crippen molar-refractivity contribution in [3.05, 3.63) is 93.3 Å². The summed E-state index contributed by atoms with van der Waals surface area (Å²) in [6, 6.07) is 17.8. The minimum Gasteiger partial charge on any atom is -0.341 e. The molecule has 152 valence electrons. The van der Waals surface area contributed by atoms with Crippen LogP contribution < -0.4 is 5.32 Å². The largest absolute Gasteiger partial charge is 0.341 e. The molecule has 0 aliphatic carbocycles. The van der Waals surface area contributed by atoms with Gasteiger partial charge in [0.15, 0.2) is 3.95 Å². The number of hydrogen-bond donors (Lipinski definition) is 1. The highest BCUT2D eigenvalue weighted by molar-refractivity contribution is 7.73. The summed E-state index contributed by atoms with van der Waals surface area (Å²) in [6.45, 7) is 2.21. The fourth-order valence-corrected chi connectivity index (χ4v) is 4.45. The van der Waals surface area contributed by atoms with E-state index in [4.69, 9.17) is 12.2 Å². The third kappa shape index (κ3) is 4.27. The molecule has 4 aromatic rings. The third-order valence-electron chi connectivity index (χ3n) is 4.99. The maximum absolute atomic E-state index is 13.1. The van der Waals surface area contributed by atoms with Crippen LogP contribution in [0.2, 0.25) is 0 Å². The molecule has 0 aliphatic rings. The van der Waals surface area contributed by atoms with Gasteiger partial charge in [0.25, 0.3) is 0 Å². The Balaban J connectivity index is 1.61. The molecule has 2 heterocycles. The molecule has 0 spiro atoms. The molecule has 7 heteroatoms. The molecule has 0 saturated heterocycles. The van der Waals surface area contributed by atoms with Crippen LogP contribution >= 0.6 is 23.6 Å². The first kappa shape index (κ1) is 20.3. The summed E-state index contributed by atoms with van der Waals surface area (Å²) in [6.07, 6.45) is 3.61. The number of imidazole rings is 1. The molecular weight excluding hydrogens is 412 g/mol. The second-order valence-electron chi connectivity index (χ2n) is 7.15. The maximum atomic E-state index is 13.1. The second kappa shape index (κ2) is 8.77. The van der Waals surface area contributed by atoms with E-state index in [0.717, 1.165) is 22.6 Å². The monoisotopic (exact) mass is 434 g/mol. The highest BCUT2D eigenvalue weighted by Crippen LogP contribution is 2.25. The molecule has 30 heavy (non-hydrogen) atoms. The van der Waals surface area contributed by atoms with Crippen molar-refractivity contribution in [1.82, 2.24) is 19.4 Å². The summed E-state index contributed by atoms with van der Waals surface area (Å²) >= 11 is 6.98. The van der Waals surface area contributed by atoms with Gasteiger partial charge in [-0.2, -0.15) is 0 Å². The standard InChI is InChI=1S/C23H22N4OS2/c1-16-8-10-17(11-9-16)19-15-30-23(29)27(19)14-20(28)25-21(18-6-4-3-5-7-18)22-24-12-13-26(22)2/h3-13,15,21H,14H2,1-2H3,(H,25,28)/t21-/m1/s1. The number of benzene rings is 2. The average Bonchev–Trinajstić information content (AvgIpc) is 3.33. The fraction of sp³-hybridized carbons (Fsp3) is 0.174. The lowest BCUT2D eigenvalue weighted by atomic mass is 10.1. The lowest BCUT2D eigenvalue weighted by Crippen LogP contribution is -2.33. The normalized spacial score (nSPS) is 11.9. The summed E-state index contributed by atoms with van der Waals surface area (Å²) in [4.78, 5) is 17.5. The highest BCUT2D eigenvalue weighted by atomic mass is 32.1. The maximum Gasteiger partial charge on any atom is 0.240 e. The van der Waals surface area contributed by atoms with Crippen molar-refractivity contribution < 1.29 is 4.79 Å². The van der Waals surface area contributed by atoms with Gasteiger partial charge in [0.1, 0.15) is 18.4 Å². The van der Waals surface area contributed by atoms with Crippen molar-refractivity contribution in [2.75, 3.05) is 0 Å². The molecule has 0 radical (unpaired) electrons. The van der Waals surface area contributed by atoms with Gasteiger partial charge in [-0.3, -0.25) is 4.79 Å². The number of aryl methyl sites for hydroxylation is 2. The summed E-state index contributed by atoms with van der Waals surface area (Å²) in [5.41, 5.74) is 4.17. The van der Waals surface area contributed by atoms with Crippen LogP contribution in [0.3, 0.4) is 0 Å². The lowest BCUT2D eigenvalue weighted by molar-refractivity contribution is -0.122. The fourth-order valence-electron chi connectivity index (χ4n) is 3.38. The highest BCUT2D eigenvalue weighted by Gasteiger charge is 2.21. The Bertz CT molecular complexity index is 1210. The van der Waals surface area contributed by atoms with Crippen LogP contribution in [0, 0.1) is 10.9 Å². The molecule has 0 saturated carbocycles. The summed E-state index contributed by atoms with van der Waals surface area (Å²) in [7, 11) is 1.93. The minimum absolute atomic E-state index is 0.116. The van der Waals surface area contributed by atoms with E-state index in [0.29, 0.717) is 3.95 Å². The van der Waals surface area contributed by atoms with Gasteiger partial charge in [0, 0.05) is 24.8 Å². The van der Waals surface area contributed by atoms with E-state index in [-0.39, 0.29) is 18.5 Å². The number of aromatic nitrogens is 3. The molecule has 2 aromatic carbocycles. The van der Waals surface area contributed by atoms with Crippen molar-refractivity contribution in [2.45, 2.75) is 19.5 Å². The van der Waals surface area contributed by atoms with E-state index >= 15 is 0 Å². The van der Waals surface area contributed by atoms with Crippen LogP contribution in [0.1, 0.15) is 23.0 Å². The van der Waals surface area contributed by atoms with Crippen LogP contribution in [0.25, 0.3) is 11.3 Å². The Morgan fingerprint density at radius 2 is 1.90 bits per heavy atom. The van der Waals surface area contributed by atoms with Crippen molar-refractivity contribution >= 4 is 29.5 Å². The van der Waals surface area contributed by atoms with Gasteiger partial charge >= 0.3 is 0 Å². The molecular formula is C23H22N4OS2. The van der Waals surface area contributed by atoms with E-state index in [1.165, 1.54) is 16.9 Å². The van der Waals surface area contributed by atoms with E-state index < -0.39 is 0 Å². The first-order chi connectivity index (χ1) is 14.5. The Morgan fingerprint density at radius 3 is 2.57 bits per heavy atom. The third-order valence-corrected chi connectivity index (χ3v) is 6.26. The Kier molecular flexibility index (Phi) is 5.92. The summed E-state index contributed by atoms with van der Waals surface area (Å²) in [5.74, 6) is 0.664. The molecule has 5 nitrogen and oxygen atoms in total. The molecule has 0 unspecified atom stereocenters. The van der Waals surface area contributed by atoms with Crippen LogP contribution in [0.15, 0.2) is 72.4 Å². The van der Waals surface area contributed by atoms with Crippen molar-refractivity contribution in [3.63, 3.8) is 0 Å². The number of thiazole rings is 1. The van der Waals surface area contributed by atoms with E-state index in [2.05, 4.69) is 41.5 Å². The predicted molar refractivity (Wildman–Crippen MR) is 123 cm³/mol. The number of nitrogens with zero attached hydrogens (tertiary/aromatic N) is 3. The molecule has 2 aromatic heterocycles. The van der Waals surface area contributed by atoms with E-state index in [1.807, 2.05) is 58.1 Å². The van der Waals surface area contributed by atoms with Gasteiger partial charge in [-0.05, 0) is 30.3 Å². The number of rotatable bonds is 6. The van der Waals surface area contributed by atoms with Gasteiger partial charge in [0.2, 0.25) is 5.91 Å². The van der Waals surface area contributed by atoms with Crippen molar-refractivity contribution in [2.24, 2.45) is 7.05 Å². The second-order valence-corrected chi connectivity index (χ2v) is 8.65. The topological polar surface area (TPSA) is 51.9 Å². The average molecular weight is 435 g/mol. The summed E-state index contributed by atoms with van der Waals surface area (Å²) in [5, 5.41) is 5.15. The van der Waals surface area contributed by atoms with Gasteiger partial charge in [-0.15, -0.1) is 11.3 Å². The van der Waals surface area contributed by atoms with E-state index in [9.17, 15) is 4.79 Å². The zero-order chi connectivity index (χ0) is 21.1. The first-order valence-electron chi connectivity index (χ1n) is 9.60. The number of hydrogen-bond acceptors (Lipinski definition) is 4. The zero-order valence-electron chi connectivity index (χ0n) is 16.8. The number of carbonyl (C=O) groups is 1. The van der Waals surface area contributed by atoms with Crippen molar-refractivity contribution in [1.29, 1.82) is 0 Å². The molecule has 4 rings (SSSR count). The van der Waals surface area contributed by atoms with Crippen LogP contribution in [0.5, 0.6) is 0 Å². The summed E-state index contributed by atoms with van der Waals surface area (Å²) < 4.78 is 4.49. The van der Waals surface area contributed by atoms with Crippen LogP contribution in [-0.4, -0.2) is 20.0 Å². The van der Waals surface area contributed by atoms with E-state index in [1.54, 1.807) is 6.20 Å². The first-order valence-corrected chi connectivity index (χ1v) is 10.9. The molecule has 0 bridgehead atoms. The van der Waals surface area contributed by atoms with Crippen LogP contribution in [-0.2, 0) is 18.4 Å². The smallest absolute Gasteiger partial charge is 0.240 e. The van der Waals surface area contributed by atoms with Crippen molar-refractivity contribution in [3.8, 4) is 11.3 Å². The Morgan fingerprint density at radius 1 is 1.17 bits per heavy atom. The van der Waals surface area contributed by atoms with Gasteiger partial charge in [0.05, 0.1) is 5.69 Å². The number of nitrogens with one attached hydrogen (secondary N) is 1. The predicted octanol–water partition coefficient (Wildman–Crippen LogP) is 4.89. The Labute approximate surface area is 184 Å². The molecule has 0 aliphatic heterocycles. The van der Waals surface area contributed by atoms with Gasteiger partial charge in [-0.25, -0.2) is 4.98 Å². The molecule has 1 N–H and O–H groups in total. The van der Waals surface area contributed by atoms with Gasteiger partial charge < -0.3 is 14.5 Å². The SMILES string of the molecule is Cc1ccc(-c2csc(=S)n2CC(=O)N[C@H](c2ccccc2)c2nccn2C)cc1. The Hall–Kier alpha value is -3.03. The minimum atomic E-state index is -0.339. The zero-order valence-corrected chi connectivity index (χ0v) is 18.4. The lowest BCUT2D eigenvalue weighted by Gasteiger charge is -2.20. The molecule has 1 amide bonds. The number of amides is 1. The van der Waals surface area contributed by atoms with Gasteiger partial charge in [-0.1, -0.05) is 60.2 Å². The molecule has 0 fully saturated rings. The van der Waals surface area contributed by atoms with Crippen LogP contribution in [0.4, 0.5) is 0 Å². The molecule has 1 atom stereocenters. The quantitative estimate of drug-likeness (QED) is 0.440. The number of carbonyl (C=O) groups excluding carboxylic acids is 1.